The van der Waals surface area contributed by atoms with Gasteiger partial charge in [-0.2, -0.15) is 0 Å². The van der Waals surface area contributed by atoms with Crippen LogP contribution >= 0.6 is 0 Å². The number of hydrogen-bond donors (Lipinski definition) is 0. The molecule has 0 saturated heterocycles. The van der Waals surface area contributed by atoms with E-state index >= 15 is 0 Å². The highest BCUT2D eigenvalue weighted by Gasteiger charge is 2.13. The molecule has 0 N–H and O–H groups in total. The molecule has 90 valence electrons. The molecule has 1 aliphatic carbocycles. The highest BCUT2D eigenvalue weighted by atomic mass is 19.1. The summed E-state index contributed by atoms with van der Waals surface area (Å²) in [7, 11) is 1.50. The average Bonchev–Trinajstić information content (AvgIpc) is 2.53. The average molecular weight is 234 g/mol. The molecule has 2 rings (SSSR count). The molecule has 0 amide bonds. The van der Waals surface area contributed by atoms with Crippen LogP contribution in [0, 0.1) is 5.82 Å². The van der Waals surface area contributed by atoms with E-state index in [-0.39, 0.29) is 11.6 Å². The fraction of sp³-hybridized carbons (Fsp3) is 0.357. The number of carbonyl (C=O) groups is 1. The molecular formula is C14H15FO2. The van der Waals surface area contributed by atoms with E-state index in [0.29, 0.717) is 17.7 Å². The number of halogens is 1. The molecule has 1 aromatic carbocycles. The van der Waals surface area contributed by atoms with Gasteiger partial charge < -0.3 is 4.74 Å². The summed E-state index contributed by atoms with van der Waals surface area (Å²) in [6, 6.07) is 4.75. The zero-order chi connectivity index (χ0) is 12.3. The van der Waals surface area contributed by atoms with Gasteiger partial charge in [-0.25, -0.2) is 4.39 Å². The zero-order valence-electron chi connectivity index (χ0n) is 9.83. The lowest BCUT2D eigenvalue weighted by Gasteiger charge is -2.08. The predicted octanol–water partition coefficient (Wildman–Crippen LogP) is 3.36. The largest absolute Gasteiger partial charge is 0.497 e. The number of carbonyl (C=O) groups excluding carboxylic acids is 1. The van der Waals surface area contributed by atoms with Gasteiger partial charge in [0.25, 0.3) is 0 Å². The van der Waals surface area contributed by atoms with Gasteiger partial charge in [0.1, 0.15) is 11.6 Å². The van der Waals surface area contributed by atoms with Crippen LogP contribution < -0.4 is 4.74 Å². The molecule has 0 fully saturated rings. The van der Waals surface area contributed by atoms with Crippen molar-refractivity contribution in [3.8, 4) is 5.75 Å². The van der Waals surface area contributed by atoms with E-state index in [0.717, 1.165) is 24.8 Å². The van der Waals surface area contributed by atoms with Crippen LogP contribution in [0.3, 0.4) is 0 Å². The lowest BCUT2D eigenvalue weighted by atomic mass is 10.0. The van der Waals surface area contributed by atoms with Crippen LogP contribution in [0.1, 0.15) is 31.2 Å². The SMILES string of the molecule is COc1ccc(C2=CC(=O)CCCC2)c(F)c1. The van der Waals surface area contributed by atoms with Crippen molar-refractivity contribution in [2.75, 3.05) is 7.11 Å². The third-order valence-corrected chi connectivity index (χ3v) is 2.98. The Kier molecular flexibility index (Phi) is 3.57. The molecule has 0 aromatic heterocycles. The number of benzene rings is 1. The molecule has 17 heavy (non-hydrogen) atoms. The normalized spacial score (nSPS) is 16.4. The first kappa shape index (κ1) is 11.8. The number of ketones is 1. The lowest BCUT2D eigenvalue weighted by Crippen LogP contribution is -1.94. The van der Waals surface area contributed by atoms with Gasteiger partial charge in [-0.05, 0) is 43.0 Å². The standard InChI is InChI=1S/C14H15FO2/c1-17-12-6-7-13(14(15)9-12)10-4-2-3-5-11(16)8-10/h6-9H,2-5H2,1H3. The molecule has 0 heterocycles. The predicted molar refractivity (Wildman–Crippen MR) is 64.4 cm³/mol. The molecule has 2 nitrogen and oxygen atoms in total. The number of hydrogen-bond acceptors (Lipinski definition) is 2. The van der Waals surface area contributed by atoms with E-state index in [9.17, 15) is 9.18 Å². The molecule has 1 aromatic rings. The summed E-state index contributed by atoms with van der Waals surface area (Å²) in [5.74, 6) is 0.254. The van der Waals surface area contributed by atoms with Crippen molar-refractivity contribution < 1.29 is 13.9 Å². The summed E-state index contributed by atoms with van der Waals surface area (Å²) in [4.78, 5) is 11.5. The Morgan fingerprint density at radius 3 is 2.71 bits per heavy atom. The van der Waals surface area contributed by atoms with Crippen molar-refractivity contribution in [2.24, 2.45) is 0 Å². The fourth-order valence-electron chi connectivity index (χ4n) is 2.05. The Morgan fingerprint density at radius 2 is 2.00 bits per heavy atom. The molecule has 3 heteroatoms. The second-order valence-corrected chi connectivity index (χ2v) is 4.19. The first-order chi connectivity index (χ1) is 8.20. The minimum atomic E-state index is -0.328. The van der Waals surface area contributed by atoms with Gasteiger partial charge in [0.05, 0.1) is 7.11 Å². The van der Waals surface area contributed by atoms with Crippen molar-refractivity contribution in [3.63, 3.8) is 0 Å². The summed E-state index contributed by atoms with van der Waals surface area (Å²) < 4.78 is 18.8. The summed E-state index contributed by atoms with van der Waals surface area (Å²) >= 11 is 0. The quantitative estimate of drug-likeness (QED) is 0.784. The molecule has 0 bridgehead atoms. The van der Waals surface area contributed by atoms with E-state index in [2.05, 4.69) is 0 Å². The van der Waals surface area contributed by atoms with E-state index in [1.807, 2.05) is 0 Å². The monoisotopic (exact) mass is 234 g/mol. The smallest absolute Gasteiger partial charge is 0.155 e. The molecule has 0 unspecified atom stereocenters. The third-order valence-electron chi connectivity index (χ3n) is 2.98. The summed E-state index contributed by atoms with van der Waals surface area (Å²) in [6.07, 6.45) is 4.73. The maximum Gasteiger partial charge on any atom is 0.155 e. The number of rotatable bonds is 2. The van der Waals surface area contributed by atoms with E-state index in [1.54, 1.807) is 18.2 Å². The summed E-state index contributed by atoms with van der Waals surface area (Å²) in [5, 5.41) is 0. The molecule has 0 radical (unpaired) electrons. The van der Waals surface area contributed by atoms with Gasteiger partial charge in [-0.15, -0.1) is 0 Å². The maximum absolute atomic E-state index is 13.8. The van der Waals surface area contributed by atoms with Crippen LogP contribution in [0.25, 0.3) is 5.57 Å². The van der Waals surface area contributed by atoms with Crippen LogP contribution in [0.15, 0.2) is 24.3 Å². The second-order valence-electron chi connectivity index (χ2n) is 4.19. The van der Waals surface area contributed by atoms with E-state index in [4.69, 9.17) is 4.74 Å². The van der Waals surface area contributed by atoms with Gasteiger partial charge >= 0.3 is 0 Å². The molecule has 0 atom stereocenters. The van der Waals surface area contributed by atoms with Crippen LogP contribution in [0.2, 0.25) is 0 Å². The van der Waals surface area contributed by atoms with Gasteiger partial charge in [0.2, 0.25) is 0 Å². The topological polar surface area (TPSA) is 26.3 Å². The van der Waals surface area contributed by atoms with Crippen LogP contribution in [0.5, 0.6) is 5.75 Å². The van der Waals surface area contributed by atoms with Gasteiger partial charge in [-0.1, -0.05) is 0 Å². The summed E-state index contributed by atoms with van der Waals surface area (Å²) in [6.45, 7) is 0. The Morgan fingerprint density at radius 1 is 1.24 bits per heavy atom. The van der Waals surface area contributed by atoms with Crippen molar-refractivity contribution in [3.05, 3.63) is 35.7 Å². The number of methoxy groups -OCH3 is 1. The third kappa shape index (κ3) is 2.73. The van der Waals surface area contributed by atoms with Gasteiger partial charge in [-0.3, -0.25) is 4.79 Å². The van der Waals surface area contributed by atoms with Crippen LogP contribution in [0.4, 0.5) is 4.39 Å². The highest BCUT2D eigenvalue weighted by molar-refractivity contribution is 5.97. The van der Waals surface area contributed by atoms with Crippen LogP contribution in [-0.2, 0) is 4.79 Å². The summed E-state index contributed by atoms with van der Waals surface area (Å²) in [5.41, 5.74) is 1.31. The van der Waals surface area contributed by atoms with Gasteiger partial charge in [0.15, 0.2) is 5.78 Å². The molecule has 1 aliphatic rings. The van der Waals surface area contributed by atoms with E-state index in [1.165, 1.54) is 13.2 Å². The maximum atomic E-state index is 13.8. The number of ether oxygens (including phenoxy) is 1. The Bertz CT molecular complexity index is 463. The first-order valence-electron chi connectivity index (χ1n) is 5.78. The molecular weight excluding hydrogens is 219 g/mol. The molecule has 0 spiro atoms. The number of allylic oxidation sites excluding steroid dienone is 2. The van der Waals surface area contributed by atoms with Crippen molar-refractivity contribution >= 4 is 11.4 Å². The van der Waals surface area contributed by atoms with Crippen molar-refractivity contribution in [1.82, 2.24) is 0 Å². The first-order valence-corrected chi connectivity index (χ1v) is 5.78. The van der Waals surface area contributed by atoms with Crippen molar-refractivity contribution in [1.29, 1.82) is 0 Å². The van der Waals surface area contributed by atoms with Gasteiger partial charge in [0, 0.05) is 18.1 Å². The van der Waals surface area contributed by atoms with E-state index < -0.39 is 0 Å². The zero-order valence-corrected chi connectivity index (χ0v) is 9.83. The Labute approximate surface area is 100 Å². The van der Waals surface area contributed by atoms with Crippen molar-refractivity contribution in [2.45, 2.75) is 25.7 Å². The highest BCUT2D eigenvalue weighted by Crippen LogP contribution is 2.28. The Balaban J connectivity index is 2.35. The Hall–Kier alpha value is -1.64. The second kappa shape index (κ2) is 5.13. The molecule has 0 saturated carbocycles. The molecule has 0 aliphatic heterocycles. The fourth-order valence-corrected chi connectivity index (χ4v) is 2.05. The van der Waals surface area contributed by atoms with Crippen LogP contribution in [-0.4, -0.2) is 12.9 Å². The lowest BCUT2D eigenvalue weighted by molar-refractivity contribution is -0.114. The minimum absolute atomic E-state index is 0.0905. The minimum Gasteiger partial charge on any atom is -0.497 e.